The van der Waals surface area contributed by atoms with Crippen molar-refractivity contribution in [1.82, 2.24) is 9.88 Å². The predicted octanol–water partition coefficient (Wildman–Crippen LogP) is 5.36. The summed E-state index contributed by atoms with van der Waals surface area (Å²) in [5, 5.41) is 4.37. The van der Waals surface area contributed by atoms with E-state index in [2.05, 4.69) is 36.3 Å². The van der Waals surface area contributed by atoms with Gasteiger partial charge in [0, 0.05) is 47.2 Å². The van der Waals surface area contributed by atoms with Gasteiger partial charge in [0.2, 0.25) is 11.8 Å². The Hall–Kier alpha value is -2.56. The van der Waals surface area contributed by atoms with Gasteiger partial charge in [-0.3, -0.25) is 9.59 Å². The number of nitrogens with zero attached hydrogens (tertiary/aromatic N) is 1. The number of nitrogens with one attached hydrogen (secondary N) is 2. The summed E-state index contributed by atoms with van der Waals surface area (Å²) in [5.41, 5.74) is 2.10. The Morgan fingerprint density at radius 2 is 1.94 bits per heavy atom. The van der Waals surface area contributed by atoms with Gasteiger partial charge in [0.05, 0.1) is 0 Å². The Balaban J connectivity index is 1.23. The third kappa shape index (κ3) is 2.97. The number of likely N-dealkylation sites (N-methyl/N-ethyl adjacent to an activating group) is 1. The average molecular weight is 446 g/mol. The first-order valence-electron chi connectivity index (χ1n) is 12.7. The van der Waals surface area contributed by atoms with E-state index in [0.717, 1.165) is 48.7 Å². The molecule has 7 atom stereocenters. The summed E-state index contributed by atoms with van der Waals surface area (Å²) in [5.74, 6) is 2.24. The van der Waals surface area contributed by atoms with Crippen molar-refractivity contribution in [2.45, 2.75) is 58.4 Å². The number of fused-ring (bicyclic) bond motifs is 6. The number of carbonyl (C=O) groups is 2. The zero-order valence-corrected chi connectivity index (χ0v) is 19.9. The second-order valence-corrected chi connectivity index (χ2v) is 11.6. The van der Waals surface area contributed by atoms with Crippen LogP contribution in [0.5, 0.6) is 0 Å². The molecule has 1 aliphatic heterocycles. The van der Waals surface area contributed by atoms with Gasteiger partial charge in [-0.1, -0.05) is 19.9 Å². The molecule has 1 aromatic carbocycles. The molecule has 0 radical (unpaired) electrons. The van der Waals surface area contributed by atoms with Crippen LogP contribution in [0.2, 0.25) is 0 Å². The molecule has 2 heterocycles. The lowest BCUT2D eigenvalue weighted by Crippen LogP contribution is -2.59. The van der Waals surface area contributed by atoms with E-state index in [1.54, 1.807) is 6.08 Å². The molecule has 4 aliphatic rings. The fraction of sp³-hybridized carbons (Fsp3) is 0.571. The summed E-state index contributed by atoms with van der Waals surface area (Å²) in [6.45, 7) is 4.77. The summed E-state index contributed by atoms with van der Waals surface area (Å²) >= 11 is 0. The van der Waals surface area contributed by atoms with E-state index in [1.807, 2.05) is 36.3 Å². The second-order valence-electron chi connectivity index (χ2n) is 11.6. The van der Waals surface area contributed by atoms with Crippen molar-refractivity contribution in [2.24, 2.45) is 34.5 Å². The minimum Gasteiger partial charge on any atom is -0.361 e. The highest BCUT2D eigenvalue weighted by Crippen LogP contribution is 2.65. The third-order valence-electron chi connectivity index (χ3n) is 10.3. The van der Waals surface area contributed by atoms with Gasteiger partial charge in [-0.25, -0.2) is 0 Å². The van der Waals surface area contributed by atoms with Crippen LogP contribution in [0.25, 0.3) is 10.9 Å². The van der Waals surface area contributed by atoms with Gasteiger partial charge in [-0.05, 0) is 92.0 Å². The SMILES string of the molecule is CN1C(=O)C=C[C@]2(C)[C@H]3CC[C@]4(C)[C@@H](C(=O)Nc5ccc6[nH]ccc6c5)CC[C@H]4[C@@H]3CC[C@@H]12. The molecule has 3 saturated carbocycles. The van der Waals surface area contributed by atoms with Crippen LogP contribution < -0.4 is 5.32 Å². The summed E-state index contributed by atoms with van der Waals surface area (Å²) in [4.78, 5) is 31.0. The van der Waals surface area contributed by atoms with Crippen molar-refractivity contribution in [3.63, 3.8) is 0 Å². The van der Waals surface area contributed by atoms with Crippen LogP contribution in [0.3, 0.4) is 0 Å². The molecule has 33 heavy (non-hydrogen) atoms. The molecule has 0 spiro atoms. The highest BCUT2D eigenvalue weighted by molar-refractivity contribution is 5.95. The topological polar surface area (TPSA) is 65.2 Å². The number of aromatic nitrogens is 1. The van der Waals surface area contributed by atoms with Gasteiger partial charge < -0.3 is 15.2 Å². The number of hydrogen-bond donors (Lipinski definition) is 2. The molecule has 2 N–H and O–H groups in total. The van der Waals surface area contributed by atoms with Gasteiger partial charge in [-0.2, -0.15) is 0 Å². The number of carbonyl (C=O) groups excluding carboxylic acids is 2. The molecule has 6 rings (SSSR count). The highest BCUT2D eigenvalue weighted by atomic mass is 16.2. The molecule has 1 aromatic heterocycles. The Morgan fingerprint density at radius 3 is 2.79 bits per heavy atom. The molecule has 5 nitrogen and oxygen atoms in total. The lowest BCUT2D eigenvalue weighted by Gasteiger charge is -2.60. The van der Waals surface area contributed by atoms with E-state index in [1.165, 1.54) is 6.42 Å². The lowest BCUT2D eigenvalue weighted by atomic mass is 9.47. The average Bonchev–Trinajstić information content (AvgIpc) is 3.40. The Labute approximate surface area is 196 Å². The fourth-order valence-corrected chi connectivity index (χ4v) is 8.53. The molecular formula is C28H35N3O2. The molecule has 174 valence electrons. The number of amides is 2. The molecule has 3 aliphatic carbocycles. The maximum Gasteiger partial charge on any atom is 0.246 e. The molecule has 2 aromatic rings. The summed E-state index contributed by atoms with van der Waals surface area (Å²) in [6, 6.07) is 8.45. The normalized spacial score (nSPS) is 39.8. The molecule has 0 unspecified atom stereocenters. The van der Waals surface area contributed by atoms with E-state index >= 15 is 0 Å². The minimum atomic E-state index is 0.0548. The number of benzene rings is 1. The first kappa shape index (κ1) is 21.0. The quantitative estimate of drug-likeness (QED) is 0.653. The van der Waals surface area contributed by atoms with Crippen LogP contribution in [-0.4, -0.2) is 34.8 Å². The first-order chi connectivity index (χ1) is 15.8. The molecule has 3 fully saturated rings. The van der Waals surface area contributed by atoms with Gasteiger partial charge in [0.15, 0.2) is 0 Å². The van der Waals surface area contributed by atoms with Crippen molar-refractivity contribution in [3.05, 3.63) is 42.6 Å². The Kier molecular flexibility index (Phi) is 4.59. The van der Waals surface area contributed by atoms with Gasteiger partial charge in [0.25, 0.3) is 0 Å². The van der Waals surface area contributed by atoms with Crippen molar-refractivity contribution in [3.8, 4) is 0 Å². The first-order valence-corrected chi connectivity index (χ1v) is 12.7. The molecular weight excluding hydrogens is 410 g/mol. The van der Waals surface area contributed by atoms with Gasteiger partial charge >= 0.3 is 0 Å². The largest absolute Gasteiger partial charge is 0.361 e. The second kappa shape index (κ2) is 7.22. The van der Waals surface area contributed by atoms with Gasteiger partial charge in [-0.15, -0.1) is 0 Å². The van der Waals surface area contributed by atoms with Crippen LogP contribution in [0.4, 0.5) is 5.69 Å². The van der Waals surface area contributed by atoms with Crippen molar-refractivity contribution in [2.75, 3.05) is 12.4 Å². The lowest BCUT2D eigenvalue weighted by molar-refractivity contribution is -0.141. The van der Waals surface area contributed by atoms with Crippen LogP contribution in [0.15, 0.2) is 42.6 Å². The number of hydrogen-bond acceptors (Lipinski definition) is 2. The number of aromatic amines is 1. The predicted molar refractivity (Wildman–Crippen MR) is 131 cm³/mol. The summed E-state index contributed by atoms with van der Waals surface area (Å²) in [7, 11) is 1.97. The van der Waals surface area contributed by atoms with Crippen molar-refractivity contribution >= 4 is 28.4 Å². The standard InChI is InChI=1S/C28H35N3O2/c1-27-13-10-21-19(5-9-24-28(21,2)14-11-25(32)31(24)3)20(27)6-7-22(27)26(33)30-18-4-8-23-17(16-18)12-15-29-23/h4,8,11-12,14-16,19-22,24,29H,5-7,9-10,13H2,1-3H3,(H,30,33)/t19-,20-,21-,22+,24+,27-,28+/m0/s1. The summed E-state index contributed by atoms with van der Waals surface area (Å²) in [6.07, 6.45) is 12.6. The smallest absolute Gasteiger partial charge is 0.246 e. The zero-order valence-electron chi connectivity index (χ0n) is 19.9. The van der Waals surface area contributed by atoms with E-state index in [0.29, 0.717) is 23.8 Å². The third-order valence-corrected chi connectivity index (χ3v) is 10.3. The molecule has 2 amide bonds. The maximum atomic E-state index is 13.5. The number of rotatable bonds is 2. The van der Waals surface area contributed by atoms with E-state index in [4.69, 9.17) is 0 Å². The van der Waals surface area contributed by atoms with Crippen LogP contribution in [-0.2, 0) is 9.59 Å². The van der Waals surface area contributed by atoms with Crippen LogP contribution >= 0.6 is 0 Å². The van der Waals surface area contributed by atoms with Crippen molar-refractivity contribution < 1.29 is 9.59 Å². The number of anilines is 1. The Bertz CT molecular complexity index is 1150. The maximum absolute atomic E-state index is 13.5. The van der Waals surface area contributed by atoms with Crippen LogP contribution in [0.1, 0.15) is 52.4 Å². The Morgan fingerprint density at radius 1 is 1.09 bits per heavy atom. The van der Waals surface area contributed by atoms with Gasteiger partial charge in [0.1, 0.15) is 0 Å². The number of H-pyrrole nitrogens is 1. The van der Waals surface area contributed by atoms with E-state index < -0.39 is 0 Å². The molecule has 0 bridgehead atoms. The zero-order chi connectivity index (χ0) is 23.0. The monoisotopic (exact) mass is 445 g/mol. The minimum absolute atomic E-state index is 0.0548. The van der Waals surface area contributed by atoms with Crippen LogP contribution in [0, 0.1) is 34.5 Å². The van der Waals surface area contributed by atoms with Crippen molar-refractivity contribution in [1.29, 1.82) is 0 Å². The fourth-order valence-electron chi connectivity index (χ4n) is 8.53. The summed E-state index contributed by atoms with van der Waals surface area (Å²) < 4.78 is 0. The molecule has 5 heteroatoms. The van der Waals surface area contributed by atoms with E-state index in [9.17, 15) is 9.59 Å². The highest BCUT2D eigenvalue weighted by Gasteiger charge is 2.61. The van der Waals surface area contributed by atoms with E-state index in [-0.39, 0.29) is 28.6 Å². The molecule has 0 saturated heterocycles.